The van der Waals surface area contributed by atoms with E-state index in [9.17, 15) is 9.59 Å². The monoisotopic (exact) mass is 224 g/mol. The van der Waals surface area contributed by atoms with Crippen molar-refractivity contribution in [1.82, 2.24) is 9.97 Å². The molecule has 0 amide bonds. The van der Waals surface area contributed by atoms with Gasteiger partial charge in [-0.05, 0) is 18.1 Å². The lowest BCUT2D eigenvalue weighted by molar-refractivity contribution is 1.07. The molecular formula is C10H9ClN2O2. The predicted molar refractivity (Wildman–Crippen MR) is 59.6 cm³/mol. The van der Waals surface area contributed by atoms with Crippen LogP contribution in [0, 0.1) is 0 Å². The van der Waals surface area contributed by atoms with Crippen LogP contribution in [0.2, 0.25) is 0 Å². The number of aryl methyl sites for hydroxylation is 1. The standard InChI is InChI=1S/C10H9ClN2O2/c11-5-4-6-2-1-3-7-8(6)9(14)13-10(15)12-7/h1-3H,4-5H2,(H2,12,13,14,15). The first-order chi connectivity index (χ1) is 7.22. The number of halogens is 1. The second kappa shape index (κ2) is 3.90. The van der Waals surface area contributed by atoms with Crippen LogP contribution in [0.25, 0.3) is 10.9 Å². The summed E-state index contributed by atoms with van der Waals surface area (Å²) < 4.78 is 0. The number of aromatic amines is 2. The summed E-state index contributed by atoms with van der Waals surface area (Å²) in [5.74, 6) is 0.442. The summed E-state index contributed by atoms with van der Waals surface area (Å²) in [4.78, 5) is 27.4. The summed E-state index contributed by atoms with van der Waals surface area (Å²) in [5, 5.41) is 0.512. The van der Waals surface area contributed by atoms with Gasteiger partial charge in [-0.15, -0.1) is 11.6 Å². The molecule has 4 nitrogen and oxygen atoms in total. The first-order valence-electron chi connectivity index (χ1n) is 4.52. The van der Waals surface area contributed by atoms with Crippen LogP contribution < -0.4 is 11.2 Å². The molecule has 78 valence electrons. The minimum Gasteiger partial charge on any atom is -0.307 e. The van der Waals surface area contributed by atoms with Gasteiger partial charge in [-0.25, -0.2) is 4.79 Å². The highest BCUT2D eigenvalue weighted by Crippen LogP contribution is 2.12. The van der Waals surface area contributed by atoms with Gasteiger partial charge in [0.25, 0.3) is 5.56 Å². The molecular weight excluding hydrogens is 216 g/mol. The highest BCUT2D eigenvalue weighted by molar-refractivity contribution is 6.18. The number of nitrogens with one attached hydrogen (secondary N) is 2. The third-order valence-electron chi connectivity index (χ3n) is 2.22. The van der Waals surface area contributed by atoms with E-state index in [0.29, 0.717) is 23.2 Å². The molecule has 2 aromatic rings. The minimum atomic E-state index is -0.490. The van der Waals surface area contributed by atoms with Gasteiger partial charge in [-0.2, -0.15) is 0 Å². The summed E-state index contributed by atoms with van der Waals surface area (Å²) in [6, 6.07) is 5.32. The minimum absolute atomic E-state index is 0.366. The average Bonchev–Trinajstić information content (AvgIpc) is 2.17. The molecule has 1 heterocycles. The average molecular weight is 225 g/mol. The van der Waals surface area contributed by atoms with Gasteiger partial charge < -0.3 is 4.98 Å². The Bertz CT molecular complexity index is 600. The van der Waals surface area contributed by atoms with Gasteiger partial charge in [0.1, 0.15) is 0 Å². The van der Waals surface area contributed by atoms with E-state index in [1.807, 2.05) is 6.07 Å². The maximum Gasteiger partial charge on any atom is 0.326 e. The first-order valence-corrected chi connectivity index (χ1v) is 5.06. The summed E-state index contributed by atoms with van der Waals surface area (Å²) in [7, 11) is 0. The first kappa shape index (κ1) is 9.98. The molecule has 0 aliphatic rings. The lowest BCUT2D eigenvalue weighted by Crippen LogP contribution is -2.22. The van der Waals surface area contributed by atoms with Crippen LogP contribution in [-0.2, 0) is 6.42 Å². The maximum atomic E-state index is 11.6. The van der Waals surface area contributed by atoms with Crippen molar-refractivity contribution >= 4 is 22.5 Å². The zero-order chi connectivity index (χ0) is 10.8. The number of fused-ring (bicyclic) bond motifs is 1. The largest absolute Gasteiger partial charge is 0.326 e. The van der Waals surface area contributed by atoms with Crippen molar-refractivity contribution in [3.63, 3.8) is 0 Å². The quantitative estimate of drug-likeness (QED) is 0.748. The molecule has 0 saturated carbocycles. The summed E-state index contributed by atoms with van der Waals surface area (Å²) in [6.07, 6.45) is 0.605. The van der Waals surface area contributed by atoms with Crippen molar-refractivity contribution in [2.24, 2.45) is 0 Å². The molecule has 1 aromatic carbocycles. The van der Waals surface area contributed by atoms with Crippen molar-refractivity contribution in [1.29, 1.82) is 0 Å². The van der Waals surface area contributed by atoms with Crippen LogP contribution in [0.15, 0.2) is 27.8 Å². The van der Waals surface area contributed by atoms with Gasteiger partial charge in [-0.3, -0.25) is 9.78 Å². The number of rotatable bonds is 2. The van der Waals surface area contributed by atoms with Crippen LogP contribution in [0.1, 0.15) is 5.56 Å². The normalized spacial score (nSPS) is 10.7. The van der Waals surface area contributed by atoms with Gasteiger partial charge in [0, 0.05) is 5.88 Å². The predicted octanol–water partition coefficient (Wildman–Crippen LogP) is 0.998. The molecule has 0 aliphatic heterocycles. The maximum absolute atomic E-state index is 11.6. The number of hydrogen-bond acceptors (Lipinski definition) is 2. The number of H-pyrrole nitrogens is 2. The third kappa shape index (κ3) is 1.80. The van der Waals surface area contributed by atoms with Crippen molar-refractivity contribution in [2.75, 3.05) is 5.88 Å². The molecule has 0 spiro atoms. The van der Waals surface area contributed by atoms with Gasteiger partial charge >= 0.3 is 5.69 Å². The summed E-state index contributed by atoms with van der Waals surface area (Å²) in [6.45, 7) is 0. The van der Waals surface area contributed by atoms with Gasteiger partial charge in [0.15, 0.2) is 0 Å². The summed E-state index contributed by atoms with van der Waals surface area (Å²) >= 11 is 5.64. The topological polar surface area (TPSA) is 65.7 Å². The zero-order valence-corrected chi connectivity index (χ0v) is 8.60. The molecule has 5 heteroatoms. The molecule has 0 aliphatic carbocycles. The Morgan fingerprint density at radius 2 is 2.00 bits per heavy atom. The molecule has 0 radical (unpaired) electrons. The number of aromatic nitrogens is 2. The van der Waals surface area contributed by atoms with Crippen LogP contribution in [0.5, 0.6) is 0 Å². The van der Waals surface area contributed by atoms with Gasteiger partial charge in [-0.1, -0.05) is 12.1 Å². The Hall–Kier alpha value is -1.55. The Morgan fingerprint density at radius 3 is 2.73 bits per heavy atom. The molecule has 0 unspecified atom stereocenters. The molecule has 1 aromatic heterocycles. The Kier molecular flexibility index (Phi) is 2.60. The van der Waals surface area contributed by atoms with Crippen molar-refractivity contribution in [3.8, 4) is 0 Å². The molecule has 2 rings (SSSR count). The Balaban J connectivity index is 2.85. The fourth-order valence-corrected chi connectivity index (χ4v) is 1.81. The molecule has 15 heavy (non-hydrogen) atoms. The van der Waals surface area contributed by atoms with E-state index >= 15 is 0 Å². The number of hydrogen-bond donors (Lipinski definition) is 2. The van der Waals surface area contributed by atoms with Gasteiger partial charge in [0.2, 0.25) is 0 Å². The van der Waals surface area contributed by atoms with Crippen LogP contribution >= 0.6 is 11.6 Å². The van der Waals surface area contributed by atoms with E-state index in [2.05, 4.69) is 9.97 Å². The Morgan fingerprint density at radius 1 is 1.20 bits per heavy atom. The van der Waals surface area contributed by atoms with Crippen molar-refractivity contribution in [2.45, 2.75) is 6.42 Å². The van der Waals surface area contributed by atoms with E-state index in [1.54, 1.807) is 12.1 Å². The Labute approximate surface area is 89.9 Å². The fourth-order valence-electron chi connectivity index (χ4n) is 1.60. The zero-order valence-electron chi connectivity index (χ0n) is 7.84. The third-order valence-corrected chi connectivity index (χ3v) is 2.41. The SMILES string of the molecule is O=c1[nH]c(=O)c2c(CCCl)cccc2[nH]1. The second-order valence-corrected chi connectivity index (χ2v) is 3.56. The number of alkyl halides is 1. The number of benzene rings is 1. The van der Waals surface area contributed by atoms with Crippen molar-refractivity contribution in [3.05, 3.63) is 44.6 Å². The molecule has 0 bridgehead atoms. The molecule has 2 N–H and O–H groups in total. The highest BCUT2D eigenvalue weighted by Gasteiger charge is 2.05. The van der Waals surface area contributed by atoms with E-state index in [4.69, 9.17) is 11.6 Å². The van der Waals surface area contributed by atoms with Crippen LogP contribution in [-0.4, -0.2) is 15.8 Å². The van der Waals surface area contributed by atoms with Gasteiger partial charge in [0.05, 0.1) is 10.9 Å². The van der Waals surface area contributed by atoms with E-state index < -0.39 is 5.69 Å². The van der Waals surface area contributed by atoms with E-state index in [1.165, 1.54) is 0 Å². The van der Waals surface area contributed by atoms with Crippen molar-refractivity contribution < 1.29 is 0 Å². The molecule has 0 saturated heterocycles. The smallest absolute Gasteiger partial charge is 0.307 e. The molecule has 0 fully saturated rings. The van der Waals surface area contributed by atoms with E-state index in [-0.39, 0.29) is 5.56 Å². The molecule has 0 atom stereocenters. The lowest BCUT2D eigenvalue weighted by atomic mass is 10.1. The summed E-state index contributed by atoms with van der Waals surface area (Å²) in [5.41, 5.74) is 0.538. The second-order valence-electron chi connectivity index (χ2n) is 3.19. The lowest BCUT2D eigenvalue weighted by Gasteiger charge is -2.02. The fraction of sp³-hybridized carbons (Fsp3) is 0.200. The highest BCUT2D eigenvalue weighted by atomic mass is 35.5. The van der Waals surface area contributed by atoms with Crippen LogP contribution in [0.4, 0.5) is 0 Å². The van der Waals surface area contributed by atoms with E-state index in [0.717, 1.165) is 5.56 Å². The van der Waals surface area contributed by atoms with Crippen LogP contribution in [0.3, 0.4) is 0 Å².